The molecule has 0 unspecified atom stereocenters. The minimum Gasteiger partial charge on any atom is -0.382 e. The second kappa shape index (κ2) is 11.3. The summed E-state index contributed by atoms with van der Waals surface area (Å²) in [4.78, 5) is 24.4. The summed E-state index contributed by atoms with van der Waals surface area (Å²) in [5.41, 5.74) is 9.62. The van der Waals surface area contributed by atoms with Gasteiger partial charge >= 0.3 is 0 Å². The highest BCUT2D eigenvalue weighted by molar-refractivity contribution is 5.94. The molecule has 3 aromatic rings. The van der Waals surface area contributed by atoms with Crippen LogP contribution in [0.4, 0.5) is 5.82 Å². The Kier molecular flexibility index (Phi) is 8.26. The van der Waals surface area contributed by atoms with Crippen LogP contribution in [0.3, 0.4) is 0 Å². The minimum atomic E-state index is -0.200. The third-order valence-electron chi connectivity index (χ3n) is 5.67. The Morgan fingerprint density at radius 3 is 2.34 bits per heavy atom. The van der Waals surface area contributed by atoms with Crippen LogP contribution >= 0.6 is 0 Å². The van der Waals surface area contributed by atoms with Crippen molar-refractivity contribution in [2.24, 2.45) is 0 Å². The molecule has 0 aliphatic heterocycles. The van der Waals surface area contributed by atoms with Gasteiger partial charge in [0, 0.05) is 25.1 Å². The minimum absolute atomic E-state index is 0.0256. The average molecular weight is 473 g/mol. The smallest absolute Gasteiger partial charge is 0.251 e. The molecule has 1 heterocycles. The zero-order valence-corrected chi connectivity index (χ0v) is 20.5. The summed E-state index contributed by atoms with van der Waals surface area (Å²) < 4.78 is 1.56. The molecular formula is C27H32N6O2. The van der Waals surface area contributed by atoms with Gasteiger partial charge in [0.15, 0.2) is 0 Å². The largest absolute Gasteiger partial charge is 0.382 e. The molecule has 1 aromatic heterocycles. The first-order valence-electron chi connectivity index (χ1n) is 11.7. The molecule has 2 aromatic carbocycles. The summed E-state index contributed by atoms with van der Waals surface area (Å²) in [5.74, 6) is -0.0429. The van der Waals surface area contributed by atoms with E-state index in [-0.39, 0.29) is 30.2 Å². The SMILES string of the molecule is CC(C)(C)c1ccc(C(=O)NCCC(=O)NCCCc2nn(-c3ccccc3)c(N)c2C#N)cc1. The maximum absolute atomic E-state index is 12.3. The van der Waals surface area contributed by atoms with E-state index in [0.29, 0.717) is 42.0 Å². The van der Waals surface area contributed by atoms with E-state index in [0.717, 1.165) is 11.3 Å². The van der Waals surface area contributed by atoms with Gasteiger partial charge < -0.3 is 16.4 Å². The van der Waals surface area contributed by atoms with Gasteiger partial charge in [0.1, 0.15) is 17.5 Å². The summed E-state index contributed by atoms with van der Waals surface area (Å²) in [6.45, 7) is 7.05. The number of carbonyl (C=O) groups excluding carboxylic acids is 2. The van der Waals surface area contributed by atoms with Crippen LogP contribution in [0.2, 0.25) is 0 Å². The lowest BCUT2D eigenvalue weighted by molar-refractivity contribution is -0.120. The van der Waals surface area contributed by atoms with Crippen molar-refractivity contribution in [3.63, 3.8) is 0 Å². The number of hydrogen-bond acceptors (Lipinski definition) is 5. The fraction of sp³-hybridized carbons (Fsp3) is 0.333. The molecule has 4 N–H and O–H groups in total. The molecule has 0 radical (unpaired) electrons. The third-order valence-corrected chi connectivity index (χ3v) is 5.67. The molecule has 35 heavy (non-hydrogen) atoms. The van der Waals surface area contributed by atoms with E-state index in [1.165, 1.54) is 0 Å². The summed E-state index contributed by atoms with van der Waals surface area (Å²) in [6.07, 6.45) is 1.30. The number of para-hydroxylation sites is 1. The Morgan fingerprint density at radius 2 is 1.71 bits per heavy atom. The van der Waals surface area contributed by atoms with E-state index in [9.17, 15) is 14.9 Å². The molecule has 8 heteroatoms. The number of nitrogens with two attached hydrogens (primary N) is 1. The standard InChI is InChI=1S/C27H32N6O2/c1-27(2,3)20-13-11-19(12-14-20)26(35)31-17-15-24(34)30-16-7-10-23-22(18-28)25(29)33(32-23)21-8-5-4-6-9-21/h4-6,8-9,11-14H,7,10,15-17,29H2,1-3H3,(H,30,34)(H,31,35). The van der Waals surface area contributed by atoms with Crippen molar-refractivity contribution in [2.75, 3.05) is 18.8 Å². The number of aryl methyl sites for hydroxylation is 1. The maximum Gasteiger partial charge on any atom is 0.251 e. The van der Waals surface area contributed by atoms with Gasteiger partial charge in [0.05, 0.1) is 11.4 Å². The molecule has 0 fully saturated rings. The van der Waals surface area contributed by atoms with Crippen molar-refractivity contribution < 1.29 is 9.59 Å². The highest BCUT2D eigenvalue weighted by Crippen LogP contribution is 2.22. The van der Waals surface area contributed by atoms with Gasteiger partial charge in [-0.1, -0.05) is 51.1 Å². The van der Waals surface area contributed by atoms with Crippen LogP contribution < -0.4 is 16.4 Å². The molecule has 0 aliphatic rings. The fourth-order valence-electron chi connectivity index (χ4n) is 3.63. The highest BCUT2D eigenvalue weighted by atomic mass is 16.2. The normalized spacial score (nSPS) is 11.0. The first-order valence-corrected chi connectivity index (χ1v) is 11.7. The topological polar surface area (TPSA) is 126 Å². The molecule has 0 saturated carbocycles. The summed E-state index contributed by atoms with van der Waals surface area (Å²) >= 11 is 0. The van der Waals surface area contributed by atoms with Gasteiger partial charge in [-0.05, 0) is 48.1 Å². The maximum atomic E-state index is 12.3. The Morgan fingerprint density at radius 1 is 1.03 bits per heavy atom. The van der Waals surface area contributed by atoms with Gasteiger partial charge in [0.2, 0.25) is 5.91 Å². The summed E-state index contributed by atoms with van der Waals surface area (Å²) in [5, 5.41) is 19.6. The predicted octanol–water partition coefficient (Wildman–Crippen LogP) is 3.49. The number of carbonyl (C=O) groups is 2. The first kappa shape index (κ1) is 25.5. The van der Waals surface area contributed by atoms with E-state index in [1.807, 2.05) is 42.5 Å². The van der Waals surface area contributed by atoms with Crippen LogP contribution in [0.25, 0.3) is 5.69 Å². The summed E-state index contributed by atoms with van der Waals surface area (Å²) in [6, 6.07) is 19.0. The third kappa shape index (κ3) is 6.70. The number of hydrogen-bond donors (Lipinski definition) is 3. The zero-order chi connectivity index (χ0) is 25.4. The van der Waals surface area contributed by atoms with Crippen LogP contribution in [0.15, 0.2) is 54.6 Å². The molecule has 0 aliphatic carbocycles. The molecule has 0 saturated heterocycles. The Hall–Kier alpha value is -4.12. The van der Waals surface area contributed by atoms with Gasteiger partial charge in [-0.2, -0.15) is 10.4 Å². The lowest BCUT2D eigenvalue weighted by Crippen LogP contribution is -2.31. The van der Waals surface area contributed by atoms with Gasteiger partial charge in [-0.3, -0.25) is 9.59 Å². The zero-order valence-electron chi connectivity index (χ0n) is 20.5. The highest BCUT2D eigenvalue weighted by Gasteiger charge is 2.17. The average Bonchev–Trinajstić information content (AvgIpc) is 3.16. The van der Waals surface area contributed by atoms with Crippen LogP contribution in [-0.4, -0.2) is 34.7 Å². The second-order valence-corrected chi connectivity index (χ2v) is 9.35. The number of aromatic nitrogens is 2. The summed E-state index contributed by atoms with van der Waals surface area (Å²) in [7, 11) is 0. The van der Waals surface area contributed by atoms with Crippen LogP contribution in [0.5, 0.6) is 0 Å². The van der Waals surface area contributed by atoms with Gasteiger partial charge in [-0.15, -0.1) is 0 Å². The number of nitrogen functional groups attached to an aromatic ring is 1. The van der Waals surface area contributed by atoms with Crippen molar-refractivity contribution in [1.29, 1.82) is 5.26 Å². The second-order valence-electron chi connectivity index (χ2n) is 9.35. The molecule has 3 rings (SSSR count). The lowest BCUT2D eigenvalue weighted by atomic mass is 9.87. The number of rotatable bonds is 9. The number of benzene rings is 2. The lowest BCUT2D eigenvalue weighted by Gasteiger charge is -2.19. The van der Waals surface area contributed by atoms with Crippen molar-refractivity contribution in [1.82, 2.24) is 20.4 Å². The quantitative estimate of drug-likeness (QED) is 0.411. The Labute approximate surface area is 206 Å². The number of anilines is 1. The van der Waals surface area contributed by atoms with Crippen molar-refractivity contribution >= 4 is 17.6 Å². The van der Waals surface area contributed by atoms with Gasteiger partial charge in [-0.25, -0.2) is 4.68 Å². The van der Waals surface area contributed by atoms with Crippen molar-refractivity contribution in [2.45, 2.75) is 45.4 Å². The molecule has 0 spiro atoms. The Balaban J connectivity index is 1.41. The van der Waals surface area contributed by atoms with Crippen LogP contribution in [-0.2, 0) is 16.6 Å². The first-order chi connectivity index (χ1) is 16.7. The van der Waals surface area contributed by atoms with E-state index >= 15 is 0 Å². The van der Waals surface area contributed by atoms with Crippen LogP contribution in [0.1, 0.15) is 60.8 Å². The van der Waals surface area contributed by atoms with E-state index in [4.69, 9.17) is 5.73 Å². The molecule has 182 valence electrons. The van der Waals surface area contributed by atoms with Crippen molar-refractivity contribution in [3.8, 4) is 11.8 Å². The number of amides is 2. The monoisotopic (exact) mass is 472 g/mol. The molecular weight excluding hydrogens is 440 g/mol. The van der Waals surface area contributed by atoms with Gasteiger partial charge in [0.25, 0.3) is 5.91 Å². The fourth-order valence-corrected chi connectivity index (χ4v) is 3.63. The molecule has 8 nitrogen and oxygen atoms in total. The number of nitrogens with one attached hydrogen (secondary N) is 2. The molecule has 0 atom stereocenters. The molecule has 0 bridgehead atoms. The van der Waals surface area contributed by atoms with Crippen LogP contribution in [0, 0.1) is 11.3 Å². The van der Waals surface area contributed by atoms with Crippen molar-refractivity contribution in [3.05, 3.63) is 77.0 Å². The predicted molar refractivity (Wildman–Crippen MR) is 136 cm³/mol. The Bertz CT molecular complexity index is 1200. The van der Waals surface area contributed by atoms with E-state index in [2.05, 4.69) is 42.6 Å². The number of nitriles is 1. The molecule has 2 amide bonds. The van der Waals surface area contributed by atoms with E-state index in [1.54, 1.807) is 16.8 Å². The van der Waals surface area contributed by atoms with E-state index < -0.39 is 0 Å². The number of nitrogens with zero attached hydrogens (tertiary/aromatic N) is 3.